The number of hydrogen-bond acceptors (Lipinski definition) is 4. The van der Waals surface area contributed by atoms with Crippen LogP contribution in [0.25, 0.3) is 11.1 Å². The zero-order chi connectivity index (χ0) is 23.3. The van der Waals surface area contributed by atoms with Crippen LogP contribution in [0.2, 0.25) is 0 Å². The van der Waals surface area contributed by atoms with Crippen molar-refractivity contribution < 1.29 is 18.0 Å². The van der Waals surface area contributed by atoms with Crippen LogP contribution in [-0.4, -0.2) is 40.7 Å². The summed E-state index contributed by atoms with van der Waals surface area (Å²) in [5, 5.41) is 7.79. The van der Waals surface area contributed by atoms with Gasteiger partial charge in [0.25, 0.3) is 5.91 Å². The van der Waals surface area contributed by atoms with E-state index in [2.05, 4.69) is 22.0 Å². The molecule has 0 spiro atoms. The van der Waals surface area contributed by atoms with Crippen LogP contribution in [0.5, 0.6) is 0 Å². The lowest BCUT2D eigenvalue weighted by Crippen LogP contribution is -2.29. The van der Waals surface area contributed by atoms with E-state index in [0.717, 1.165) is 10.6 Å². The lowest BCUT2D eigenvalue weighted by atomic mass is 9.96. The fraction of sp³-hybridized carbons (Fsp3) is 0.130. The van der Waals surface area contributed by atoms with Gasteiger partial charge in [-0.2, -0.15) is 0 Å². The summed E-state index contributed by atoms with van der Waals surface area (Å²) in [6, 6.07) is 21.0. The van der Waals surface area contributed by atoms with Gasteiger partial charge in [0.1, 0.15) is 0 Å². The third-order valence-corrected chi connectivity index (χ3v) is 5.71. The van der Waals surface area contributed by atoms with Crippen LogP contribution in [-0.2, 0) is 10.0 Å². The Bertz CT molecular complexity index is 1240. The Balaban J connectivity index is 2.35. The molecule has 0 aromatic heterocycles. The van der Waals surface area contributed by atoms with Crippen LogP contribution in [0.15, 0.2) is 66.7 Å². The summed E-state index contributed by atoms with van der Waals surface area (Å²) in [6.07, 6.45) is 1.07. The summed E-state index contributed by atoms with van der Waals surface area (Å²) in [6.45, 7) is 0. The number of rotatable bonds is 6. The van der Waals surface area contributed by atoms with Gasteiger partial charge in [0.05, 0.1) is 23.3 Å². The van der Waals surface area contributed by atoms with E-state index in [1.807, 2.05) is 0 Å². The first-order valence-electron chi connectivity index (χ1n) is 9.68. The van der Waals surface area contributed by atoms with Crippen molar-refractivity contribution in [3.63, 3.8) is 0 Å². The molecule has 0 aliphatic rings. The van der Waals surface area contributed by atoms with Gasteiger partial charge in [0.15, 0.2) is 0 Å². The molecule has 3 aromatic rings. The number of benzene rings is 3. The molecule has 0 bridgehead atoms. The highest BCUT2D eigenvalue weighted by molar-refractivity contribution is 7.92. The molecule has 0 atom stereocenters. The standard InChI is InChI=1S/C23H23N4O4S/c1-24-22(28)19-13-8-7-12-17(19)18-14-9-15-20(21(18)26-23(29)25-2)27(32(3,30)31)16-10-5-4-6-11-16/h4-14H,1-3H3,(H,24,28)(H2,25,26,29). The number of urea groups is 1. The summed E-state index contributed by atoms with van der Waals surface area (Å²) < 4.78 is 26.7. The number of sulfonamides is 1. The number of nitrogens with one attached hydrogen (secondary N) is 3. The normalized spacial score (nSPS) is 10.8. The van der Waals surface area contributed by atoms with Gasteiger partial charge in [0.2, 0.25) is 10.0 Å². The van der Waals surface area contributed by atoms with Crippen molar-refractivity contribution in [3.8, 4) is 11.1 Å². The molecule has 3 amide bonds. The smallest absolute Gasteiger partial charge is 0.319 e. The molecule has 32 heavy (non-hydrogen) atoms. The number of anilines is 3. The zero-order valence-electron chi connectivity index (χ0n) is 17.8. The summed E-state index contributed by atoms with van der Waals surface area (Å²) in [7, 11) is -0.844. The van der Waals surface area contributed by atoms with E-state index in [0.29, 0.717) is 22.4 Å². The lowest BCUT2D eigenvalue weighted by molar-refractivity contribution is 0.0963. The quantitative estimate of drug-likeness (QED) is 0.534. The highest BCUT2D eigenvalue weighted by Gasteiger charge is 2.26. The van der Waals surface area contributed by atoms with E-state index >= 15 is 0 Å². The van der Waals surface area contributed by atoms with Crippen LogP contribution < -0.4 is 20.3 Å². The van der Waals surface area contributed by atoms with Crippen LogP contribution >= 0.6 is 0 Å². The molecular weight excluding hydrogens is 428 g/mol. The maximum Gasteiger partial charge on any atom is 0.319 e. The third kappa shape index (κ3) is 4.73. The van der Waals surface area contributed by atoms with Crippen molar-refractivity contribution in [2.75, 3.05) is 30.0 Å². The molecule has 9 heteroatoms. The van der Waals surface area contributed by atoms with Crippen molar-refractivity contribution in [2.24, 2.45) is 0 Å². The predicted molar refractivity (Wildman–Crippen MR) is 126 cm³/mol. The Morgan fingerprint density at radius 1 is 0.875 bits per heavy atom. The van der Waals surface area contributed by atoms with Crippen LogP contribution in [0.3, 0.4) is 0 Å². The fourth-order valence-electron chi connectivity index (χ4n) is 3.27. The van der Waals surface area contributed by atoms with Gasteiger partial charge in [-0.25, -0.2) is 17.5 Å². The average Bonchev–Trinajstić information content (AvgIpc) is 2.79. The van der Waals surface area contributed by atoms with Crippen LogP contribution in [0.4, 0.5) is 21.9 Å². The Hall–Kier alpha value is -3.85. The second-order valence-corrected chi connectivity index (χ2v) is 8.64. The summed E-state index contributed by atoms with van der Waals surface area (Å²) in [4.78, 5) is 24.8. The highest BCUT2D eigenvalue weighted by Crippen LogP contribution is 2.41. The summed E-state index contributed by atoms with van der Waals surface area (Å²) in [5.74, 6) is -0.316. The molecule has 0 saturated carbocycles. The van der Waals surface area contributed by atoms with Crippen LogP contribution in [0.1, 0.15) is 10.4 Å². The van der Waals surface area contributed by atoms with Crippen molar-refractivity contribution in [2.45, 2.75) is 0 Å². The SMILES string of the molecule is CNC(=O)Nc1c(N(c2ccccc2)S(C)(=O)=O)[c]ccc1-c1ccccc1C(=O)NC. The number of carbonyl (C=O) groups excluding carboxylic acids is 2. The van der Waals surface area contributed by atoms with Crippen molar-refractivity contribution in [1.29, 1.82) is 0 Å². The van der Waals surface area contributed by atoms with Gasteiger partial charge in [-0.15, -0.1) is 0 Å². The maximum atomic E-state index is 12.8. The maximum absolute atomic E-state index is 12.8. The van der Waals surface area contributed by atoms with Crippen LogP contribution in [0, 0.1) is 6.07 Å². The Morgan fingerprint density at radius 3 is 2.16 bits per heavy atom. The first-order valence-corrected chi connectivity index (χ1v) is 11.5. The van der Waals surface area contributed by atoms with Crippen molar-refractivity contribution in [1.82, 2.24) is 10.6 Å². The molecule has 0 aliphatic carbocycles. The molecule has 0 aliphatic heterocycles. The number of hydrogen-bond donors (Lipinski definition) is 3. The predicted octanol–water partition coefficient (Wildman–Crippen LogP) is 3.36. The molecule has 3 rings (SSSR count). The first kappa shape index (κ1) is 22.8. The topological polar surface area (TPSA) is 108 Å². The molecule has 0 heterocycles. The lowest BCUT2D eigenvalue weighted by Gasteiger charge is -2.26. The summed E-state index contributed by atoms with van der Waals surface area (Å²) in [5.41, 5.74) is 2.05. The molecule has 165 valence electrons. The number of nitrogens with zero attached hydrogens (tertiary/aromatic N) is 1. The first-order chi connectivity index (χ1) is 15.3. The minimum Gasteiger partial charge on any atom is -0.355 e. The van der Waals surface area contributed by atoms with E-state index in [-0.39, 0.29) is 17.3 Å². The molecule has 0 saturated heterocycles. The zero-order valence-corrected chi connectivity index (χ0v) is 18.7. The van der Waals surface area contributed by atoms with Gasteiger partial charge in [-0.05, 0) is 23.8 Å². The Kier molecular flexibility index (Phi) is 6.79. The minimum atomic E-state index is -3.82. The number of carbonyl (C=O) groups is 2. The Morgan fingerprint density at radius 2 is 1.53 bits per heavy atom. The summed E-state index contributed by atoms with van der Waals surface area (Å²) >= 11 is 0. The molecule has 3 aromatic carbocycles. The third-order valence-electron chi connectivity index (χ3n) is 4.66. The van der Waals surface area contributed by atoms with Gasteiger partial charge in [0, 0.05) is 31.3 Å². The molecule has 8 nitrogen and oxygen atoms in total. The van der Waals surface area contributed by atoms with E-state index in [4.69, 9.17) is 0 Å². The van der Waals surface area contributed by atoms with E-state index in [1.54, 1.807) is 66.7 Å². The van der Waals surface area contributed by atoms with Gasteiger partial charge in [-0.1, -0.05) is 48.5 Å². The van der Waals surface area contributed by atoms with E-state index in [1.165, 1.54) is 14.1 Å². The molecule has 1 radical (unpaired) electrons. The molecule has 0 unspecified atom stereocenters. The average molecular weight is 452 g/mol. The molecular formula is C23H23N4O4S. The van der Waals surface area contributed by atoms with Crippen molar-refractivity contribution >= 4 is 39.0 Å². The second kappa shape index (κ2) is 9.52. The minimum absolute atomic E-state index is 0.117. The van der Waals surface area contributed by atoms with Gasteiger partial charge >= 0.3 is 6.03 Å². The molecule has 3 N–H and O–H groups in total. The van der Waals surface area contributed by atoms with Gasteiger partial charge in [-0.3, -0.25) is 4.79 Å². The van der Waals surface area contributed by atoms with Crippen molar-refractivity contribution in [3.05, 3.63) is 78.4 Å². The van der Waals surface area contributed by atoms with E-state index in [9.17, 15) is 18.0 Å². The fourth-order valence-corrected chi connectivity index (χ4v) is 4.25. The Labute approximate surface area is 187 Å². The highest BCUT2D eigenvalue weighted by atomic mass is 32.2. The monoisotopic (exact) mass is 451 g/mol. The second-order valence-electron chi connectivity index (χ2n) is 6.81. The largest absolute Gasteiger partial charge is 0.355 e. The number of para-hydroxylation sites is 1. The molecule has 0 fully saturated rings. The number of amides is 3. The van der Waals surface area contributed by atoms with E-state index < -0.39 is 16.1 Å². The van der Waals surface area contributed by atoms with Gasteiger partial charge < -0.3 is 16.0 Å².